The molecule has 0 radical (unpaired) electrons. The molecule has 3 aromatic carbocycles. The standard InChI is InChI=1S/3C22H22ClN7O/c3*1-15-13-16(4-5-18(15)23)28-9-11-29(12-10-28)19(31)14-30-22-17(3-2-6-26-22)20(27-30)21-24-7-8-25-21/h3*2-8,13H,9-12,14H2,1H3,(H,24,25). The van der Waals surface area contributed by atoms with Gasteiger partial charge in [-0.1, -0.05) is 34.8 Å². The number of pyridine rings is 3. The molecule has 27 heteroatoms. The molecule has 0 saturated carbocycles. The number of carbonyl (C=O) groups excluding carboxylic acids is 3. The van der Waals surface area contributed by atoms with Gasteiger partial charge in [-0.2, -0.15) is 15.3 Å². The molecule has 3 fully saturated rings. The summed E-state index contributed by atoms with van der Waals surface area (Å²) < 4.78 is 5.01. The molecule has 12 aromatic rings. The maximum Gasteiger partial charge on any atom is 0.244 e. The Morgan fingerprint density at radius 1 is 0.376 bits per heavy atom. The highest BCUT2D eigenvalue weighted by Crippen LogP contribution is 2.30. The van der Waals surface area contributed by atoms with E-state index in [1.54, 1.807) is 69.8 Å². The van der Waals surface area contributed by atoms with E-state index in [1.165, 1.54) is 0 Å². The van der Waals surface area contributed by atoms with Crippen LogP contribution in [0.2, 0.25) is 15.1 Å². The summed E-state index contributed by atoms with van der Waals surface area (Å²) in [4.78, 5) is 87.1. The summed E-state index contributed by atoms with van der Waals surface area (Å²) in [7, 11) is 0. The highest BCUT2D eigenvalue weighted by Gasteiger charge is 2.28. The summed E-state index contributed by atoms with van der Waals surface area (Å²) in [6.45, 7) is 15.1. The average molecular weight is 1310 g/mol. The lowest BCUT2D eigenvalue weighted by Gasteiger charge is -2.36. The molecular weight excluding hydrogens is 1240 g/mol. The summed E-state index contributed by atoms with van der Waals surface area (Å²) in [5.74, 6) is 2.09. The minimum Gasteiger partial charge on any atom is -0.368 e. The number of aromatic amines is 3. The molecule has 3 aliphatic rings. The molecule has 3 amide bonds. The van der Waals surface area contributed by atoms with Crippen molar-refractivity contribution in [1.29, 1.82) is 0 Å². The van der Waals surface area contributed by atoms with E-state index < -0.39 is 0 Å². The lowest BCUT2D eigenvalue weighted by molar-refractivity contribution is -0.133. The number of carbonyl (C=O) groups is 3. The quantitative estimate of drug-likeness (QED) is 0.103. The van der Waals surface area contributed by atoms with Crippen LogP contribution in [-0.2, 0) is 34.0 Å². The third kappa shape index (κ3) is 13.5. The highest BCUT2D eigenvalue weighted by atomic mass is 35.5. The second-order valence-corrected chi connectivity index (χ2v) is 24.1. The number of aromatic nitrogens is 15. The zero-order valence-electron chi connectivity index (χ0n) is 51.4. The minimum absolute atomic E-state index is 0.0352. The van der Waals surface area contributed by atoms with Crippen molar-refractivity contribution in [2.45, 2.75) is 40.4 Å². The number of nitrogens with zero attached hydrogens (tertiary/aromatic N) is 18. The van der Waals surface area contributed by atoms with Gasteiger partial charge >= 0.3 is 0 Å². The van der Waals surface area contributed by atoms with E-state index >= 15 is 0 Å². The van der Waals surface area contributed by atoms with Gasteiger partial charge in [-0.05, 0) is 128 Å². The van der Waals surface area contributed by atoms with E-state index in [-0.39, 0.29) is 37.4 Å². The van der Waals surface area contributed by atoms with Gasteiger partial charge in [0.1, 0.15) is 36.7 Å². The SMILES string of the molecule is Cc1cc(N2CCN(C(=O)Cn3nc(-c4ncc[nH]4)c4cccnc43)CC2)ccc1Cl.Cc1cc(N2CCN(C(=O)Cn3nc(-c4ncc[nH]4)c4cccnc43)CC2)ccc1Cl.Cc1cc(N2CCN(C(=O)Cn3nc(-c4ncc[nH]4)c4cccnc43)CC2)ccc1Cl. The predicted molar refractivity (Wildman–Crippen MR) is 360 cm³/mol. The molecular formula is C66H66Cl3N21O3. The van der Waals surface area contributed by atoms with Crippen LogP contribution < -0.4 is 14.7 Å². The van der Waals surface area contributed by atoms with Gasteiger partial charge in [0.25, 0.3) is 0 Å². The Labute approximate surface area is 549 Å². The molecule has 0 bridgehead atoms. The molecule has 0 atom stereocenters. The van der Waals surface area contributed by atoms with Gasteiger partial charge in [0.2, 0.25) is 17.7 Å². The number of anilines is 3. The van der Waals surface area contributed by atoms with E-state index in [4.69, 9.17) is 34.8 Å². The van der Waals surface area contributed by atoms with Crippen LogP contribution in [0, 0.1) is 20.8 Å². The third-order valence-electron chi connectivity index (χ3n) is 17.0. The molecule has 12 heterocycles. The first kappa shape index (κ1) is 61.7. The Morgan fingerprint density at radius 3 is 0.903 bits per heavy atom. The lowest BCUT2D eigenvalue weighted by Crippen LogP contribution is -2.49. The van der Waals surface area contributed by atoms with Crippen molar-refractivity contribution in [1.82, 2.24) is 88.9 Å². The molecule has 3 N–H and O–H groups in total. The van der Waals surface area contributed by atoms with Gasteiger partial charge in [-0.3, -0.25) is 14.4 Å². The second kappa shape index (κ2) is 27.3. The number of H-pyrrole nitrogens is 3. The zero-order chi connectivity index (χ0) is 64.1. The third-order valence-corrected chi connectivity index (χ3v) is 18.2. The fraction of sp³-hybridized carbons (Fsp3) is 0.273. The number of hydrogen-bond acceptors (Lipinski definition) is 15. The average Bonchev–Trinajstić information content (AvgIpc) is 1.67. The predicted octanol–water partition coefficient (Wildman–Crippen LogP) is 9.40. The maximum atomic E-state index is 13.0. The topological polar surface area (TPSA) is 249 Å². The first-order chi connectivity index (χ1) is 45.3. The number of nitrogens with one attached hydrogen (secondary N) is 3. The Morgan fingerprint density at radius 2 is 0.656 bits per heavy atom. The number of fused-ring (bicyclic) bond motifs is 3. The van der Waals surface area contributed by atoms with E-state index in [1.807, 2.05) is 108 Å². The number of aryl methyl sites for hydroxylation is 3. The maximum absolute atomic E-state index is 13.0. The Kier molecular flexibility index (Phi) is 18.1. The van der Waals surface area contributed by atoms with Crippen LogP contribution in [0.1, 0.15) is 16.7 Å². The monoisotopic (exact) mass is 1310 g/mol. The number of hydrogen-bond donors (Lipinski definition) is 3. The van der Waals surface area contributed by atoms with Crippen LogP contribution >= 0.6 is 34.8 Å². The molecule has 0 unspecified atom stereocenters. The highest BCUT2D eigenvalue weighted by molar-refractivity contribution is 6.32. The van der Waals surface area contributed by atoms with Gasteiger partial charge in [-0.25, -0.2) is 43.9 Å². The summed E-state index contributed by atoms with van der Waals surface area (Å²) in [5.41, 5.74) is 10.7. The largest absolute Gasteiger partial charge is 0.368 e. The van der Waals surface area contributed by atoms with Crippen LogP contribution in [0.25, 0.3) is 67.7 Å². The van der Waals surface area contributed by atoms with Crippen molar-refractivity contribution in [2.24, 2.45) is 0 Å². The van der Waals surface area contributed by atoms with Crippen LogP contribution in [-0.4, -0.2) is 185 Å². The van der Waals surface area contributed by atoms with Crippen molar-refractivity contribution in [3.63, 3.8) is 0 Å². The van der Waals surface area contributed by atoms with E-state index in [9.17, 15) is 14.4 Å². The van der Waals surface area contributed by atoms with Crippen LogP contribution in [0.3, 0.4) is 0 Å². The van der Waals surface area contributed by atoms with Gasteiger partial charge in [0.05, 0.1) is 16.2 Å². The van der Waals surface area contributed by atoms with Gasteiger partial charge in [0, 0.05) is 166 Å². The van der Waals surface area contributed by atoms with Crippen LogP contribution in [0.15, 0.2) is 147 Å². The Bertz CT molecular complexity index is 4140. The zero-order valence-corrected chi connectivity index (χ0v) is 53.6. The van der Waals surface area contributed by atoms with Crippen molar-refractivity contribution in [2.75, 3.05) is 93.2 Å². The summed E-state index contributed by atoms with van der Waals surface area (Å²) >= 11 is 18.4. The van der Waals surface area contributed by atoms with E-state index in [0.29, 0.717) is 90.8 Å². The fourth-order valence-electron chi connectivity index (χ4n) is 11.9. The van der Waals surface area contributed by atoms with Crippen molar-refractivity contribution in [3.8, 4) is 34.6 Å². The van der Waals surface area contributed by atoms with Gasteiger partial charge in [-0.15, -0.1) is 0 Å². The normalized spacial score (nSPS) is 14.4. The molecule has 3 saturated heterocycles. The molecule has 15 rings (SSSR count). The number of rotatable bonds is 12. The van der Waals surface area contributed by atoms with Crippen molar-refractivity contribution >= 4 is 103 Å². The number of benzene rings is 3. The fourth-order valence-corrected chi connectivity index (χ4v) is 12.2. The Hall–Kier alpha value is -10.2. The van der Waals surface area contributed by atoms with Crippen molar-refractivity contribution in [3.05, 3.63) is 179 Å². The Balaban J connectivity index is 0.000000127. The molecule has 3 aliphatic heterocycles. The molecule has 474 valence electrons. The van der Waals surface area contributed by atoms with Gasteiger partial charge < -0.3 is 44.4 Å². The number of amides is 3. The summed E-state index contributed by atoms with van der Waals surface area (Å²) in [6.07, 6.45) is 15.4. The smallest absolute Gasteiger partial charge is 0.244 e. The molecule has 0 spiro atoms. The van der Waals surface area contributed by atoms with Crippen molar-refractivity contribution < 1.29 is 14.4 Å². The summed E-state index contributed by atoms with van der Waals surface area (Å²) in [5, 5.41) is 18.8. The van der Waals surface area contributed by atoms with E-state index in [2.05, 4.69) is 93.1 Å². The molecule has 93 heavy (non-hydrogen) atoms. The first-order valence-corrected chi connectivity index (χ1v) is 31.7. The second-order valence-electron chi connectivity index (χ2n) is 22.9. The van der Waals surface area contributed by atoms with Crippen LogP contribution in [0.4, 0.5) is 17.1 Å². The number of halogens is 3. The van der Waals surface area contributed by atoms with Gasteiger partial charge in [0.15, 0.2) is 34.4 Å². The first-order valence-electron chi connectivity index (χ1n) is 30.6. The lowest BCUT2D eigenvalue weighted by atomic mass is 10.2. The molecule has 0 aliphatic carbocycles. The minimum atomic E-state index is 0.0352. The molecule has 24 nitrogen and oxygen atoms in total. The summed E-state index contributed by atoms with van der Waals surface area (Å²) in [6, 6.07) is 29.6. The number of imidazole rings is 3. The number of piperazine rings is 3. The molecule has 9 aromatic heterocycles. The van der Waals surface area contributed by atoms with Crippen LogP contribution in [0.5, 0.6) is 0 Å². The van der Waals surface area contributed by atoms with E-state index in [0.717, 1.165) is 104 Å².